The second-order valence-electron chi connectivity index (χ2n) is 8.98. The summed E-state index contributed by atoms with van der Waals surface area (Å²) in [6, 6.07) is -3.84. The molecule has 12 heteroatoms. The molecule has 0 fully saturated rings. The average molecular weight is 499 g/mol. The van der Waals surface area contributed by atoms with Gasteiger partial charge in [0.05, 0.1) is 12.4 Å². The van der Waals surface area contributed by atoms with Crippen molar-refractivity contribution in [2.75, 3.05) is 12.0 Å². The summed E-state index contributed by atoms with van der Waals surface area (Å²) in [4.78, 5) is 57.1. The minimum atomic E-state index is -1.14. The summed E-state index contributed by atoms with van der Waals surface area (Å²) in [6.45, 7) is 7.38. The summed E-state index contributed by atoms with van der Waals surface area (Å²) < 4.78 is 0. The smallest absolute Gasteiger partial charge is 0.326 e. The highest BCUT2D eigenvalue weighted by molar-refractivity contribution is 7.98. The highest BCUT2D eigenvalue weighted by Gasteiger charge is 2.31. The van der Waals surface area contributed by atoms with Crippen molar-refractivity contribution in [1.29, 1.82) is 0 Å². The predicted molar refractivity (Wildman–Crippen MR) is 131 cm³/mol. The molecule has 7 N–H and O–H groups in total. The van der Waals surface area contributed by atoms with E-state index in [1.54, 1.807) is 13.8 Å². The van der Waals surface area contributed by atoms with Gasteiger partial charge in [0, 0.05) is 18.3 Å². The Hall–Kier alpha value is -2.60. The number of aliphatic carboxylic acids is 1. The predicted octanol–water partition coefficient (Wildman–Crippen LogP) is 0.274. The number of carboxylic acids is 1. The number of nitrogens with two attached hydrogens (primary N) is 1. The maximum Gasteiger partial charge on any atom is 0.326 e. The quantitative estimate of drug-likeness (QED) is 0.199. The number of imidazole rings is 1. The lowest BCUT2D eigenvalue weighted by Gasteiger charge is -2.26. The van der Waals surface area contributed by atoms with E-state index >= 15 is 0 Å². The van der Waals surface area contributed by atoms with Crippen molar-refractivity contribution >= 4 is 35.5 Å². The fraction of sp³-hybridized carbons (Fsp3) is 0.682. The zero-order valence-electron chi connectivity index (χ0n) is 20.5. The zero-order chi connectivity index (χ0) is 25.8. The van der Waals surface area contributed by atoms with Crippen LogP contribution in [0.5, 0.6) is 0 Å². The second-order valence-corrected chi connectivity index (χ2v) is 9.97. The molecule has 0 aliphatic heterocycles. The largest absolute Gasteiger partial charge is 0.480 e. The number of rotatable bonds is 15. The molecule has 0 radical (unpaired) electrons. The first kappa shape index (κ1) is 29.4. The van der Waals surface area contributed by atoms with Crippen molar-refractivity contribution in [3.05, 3.63) is 18.2 Å². The fourth-order valence-corrected chi connectivity index (χ4v) is 3.61. The van der Waals surface area contributed by atoms with E-state index in [2.05, 4.69) is 25.9 Å². The number of amides is 3. The first-order valence-corrected chi connectivity index (χ1v) is 12.7. The molecular formula is C22H38N6O5S. The molecule has 0 spiro atoms. The Morgan fingerprint density at radius 2 is 1.62 bits per heavy atom. The first-order valence-electron chi connectivity index (χ1n) is 11.3. The summed E-state index contributed by atoms with van der Waals surface area (Å²) in [5, 5.41) is 17.3. The van der Waals surface area contributed by atoms with E-state index < -0.39 is 47.9 Å². The number of nitrogens with one attached hydrogen (secondary N) is 4. The monoisotopic (exact) mass is 498 g/mol. The van der Waals surface area contributed by atoms with Crippen molar-refractivity contribution in [1.82, 2.24) is 25.9 Å². The Balaban J connectivity index is 3.03. The topological polar surface area (TPSA) is 179 Å². The molecule has 0 saturated heterocycles. The van der Waals surface area contributed by atoms with Crippen LogP contribution >= 0.6 is 11.8 Å². The Morgan fingerprint density at radius 1 is 1.03 bits per heavy atom. The van der Waals surface area contributed by atoms with Gasteiger partial charge in [0.2, 0.25) is 17.7 Å². The summed E-state index contributed by atoms with van der Waals surface area (Å²) in [5.41, 5.74) is 6.55. The van der Waals surface area contributed by atoms with Gasteiger partial charge in [-0.1, -0.05) is 27.7 Å². The third-order valence-electron chi connectivity index (χ3n) is 5.20. The number of aromatic nitrogens is 2. The van der Waals surface area contributed by atoms with Gasteiger partial charge < -0.3 is 31.8 Å². The number of hydrogen-bond acceptors (Lipinski definition) is 7. The van der Waals surface area contributed by atoms with Crippen molar-refractivity contribution in [2.45, 2.75) is 71.1 Å². The van der Waals surface area contributed by atoms with Crippen molar-refractivity contribution in [3.63, 3.8) is 0 Å². The molecule has 0 aliphatic rings. The van der Waals surface area contributed by atoms with Crippen molar-refractivity contribution in [3.8, 4) is 0 Å². The number of hydrogen-bond donors (Lipinski definition) is 6. The van der Waals surface area contributed by atoms with Gasteiger partial charge in [0.1, 0.15) is 18.1 Å². The van der Waals surface area contributed by atoms with Crippen LogP contribution in [0.15, 0.2) is 12.5 Å². The molecule has 192 valence electrons. The molecular weight excluding hydrogens is 460 g/mol. The van der Waals surface area contributed by atoms with E-state index in [1.807, 2.05) is 20.1 Å². The number of carbonyl (C=O) groups excluding carboxylic acids is 3. The van der Waals surface area contributed by atoms with Crippen LogP contribution < -0.4 is 21.7 Å². The summed E-state index contributed by atoms with van der Waals surface area (Å²) in [5.74, 6) is -2.30. The second kappa shape index (κ2) is 14.6. The Morgan fingerprint density at radius 3 is 2.12 bits per heavy atom. The average Bonchev–Trinajstić information content (AvgIpc) is 3.27. The molecule has 4 unspecified atom stereocenters. The third kappa shape index (κ3) is 10.1. The summed E-state index contributed by atoms with van der Waals surface area (Å²) in [6.07, 6.45) is 5.52. The van der Waals surface area contributed by atoms with Crippen LogP contribution in [0.25, 0.3) is 0 Å². The molecule has 11 nitrogen and oxygen atoms in total. The lowest BCUT2D eigenvalue weighted by atomic mass is 10.0. The number of carbonyl (C=O) groups is 4. The van der Waals surface area contributed by atoms with Crippen LogP contribution in [0.1, 0.15) is 46.2 Å². The van der Waals surface area contributed by atoms with Crippen LogP contribution in [0.2, 0.25) is 0 Å². The minimum absolute atomic E-state index is 0.0422. The van der Waals surface area contributed by atoms with Gasteiger partial charge in [0.15, 0.2) is 0 Å². The normalized spacial score (nSPS) is 14.8. The van der Waals surface area contributed by atoms with Crippen LogP contribution in [0.4, 0.5) is 0 Å². The van der Waals surface area contributed by atoms with Crippen molar-refractivity contribution < 1.29 is 24.3 Å². The van der Waals surface area contributed by atoms with E-state index in [0.29, 0.717) is 17.9 Å². The lowest BCUT2D eigenvalue weighted by Crippen LogP contribution is -2.58. The molecule has 1 aromatic rings. The Labute approximate surface area is 204 Å². The van der Waals surface area contributed by atoms with Gasteiger partial charge in [-0.3, -0.25) is 14.4 Å². The number of carboxylic acid groups (broad SMARTS) is 1. The standard InChI is InChI=1S/C22H38N6O5S/c1-12(2)8-16(19(29)26-15(22(32)33)6-7-34-5)27-20(30)17(9-14-10-24-11-25-14)28-21(31)18(23)13(3)4/h10-13,15-18H,6-9,23H2,1-5H3,(H,24,25)(H,26,29)(H,27,30)(H,28,31)(H,32,33). The van der Waals surface area contributed by atoms with E-state index in [4.69, 9.17) is 5.73 Å². The number of aromatic amines is 1. The van der Waals surface area contributed by atoms with Gasteiger partial charge in [-0.05, 0) is 36.7 Å². The molecule has 34 heavy (non-hydrogen) atoms. The van der Waals surface area contributed by atoms with Crippen LogP contribution in [-0.2, 0) is 25.6 Å². The van der Waals surface area contributed by atoms with Gasteiger partial charge in [-0.2, -0.15) is 11.8 Å². The highest BCUT2D eigenvalue weighted by Crippen LogP contribution is 2.09. The van der Waals surface area contributed by atoms with Gasteiger partial charge in [-0.15, -0.1) is 0 Å². The minimum Gasteiger partial charge on any atom is -0.480 e. The Kier molecular flexibility index (Phi) is 12.7. The molecule has 4 atom stereocenters. The van der Waals surface area contributed by atoms with Crippen LogP contribution in [0.3, 0.4) is 0 Å². The lowest BCUT2D eigenvalue weighted by molar-refractivity contribution is -0.142. The molecule has 0 aliphatic carbocycles. The van der Waals surface area contributed by atoms with Crippen LogP contribution in [0, 0.1) is 11.8 Å². The zero-order valence-corrected chi connectivity index (χ0v) is 21.3. The van der Waals surface area contributed by atoms with E-state index in [9.17, 15) is 24.3 Å². The summed E-state index contributed by atoms with van der Waals surface area (Å²) >= 11 is 1.48. The molecule has 3 amide bonds. The molecule has 1 aromatic heterocycles. The van der Waals surface area contributed by atoms with E-state index in [-0.39, 0.29) is 24.7 Å². The SMILES string of the molecule is CSCCC(NC(=O)C(CC(C)C)NC(=O)C(Cc1cnc[nH]1)NC(=O)C(N)C(C)C)C(=O)O. The van der Waals surface area contributed by atoms with Crippen LogP contribution in [-0.4, -0.2) is 74.9 Å². The molecule has 1 rings (SSSR count). The number of thioether (sulfide) groups is 1. The number of H-pyrrole nitrogens is 1. The first-order chi connectivity index (χ1) is 16.0. The molecule has 0 saturated carbocycles. The van der Waals surface area contributed by atoms with Gasteiger partial charge in [0.25, 0.3) is 0 Å². The maximum atomic E-state index is 13.2. The third-order valence-corrected chi connectivity index (χ3v) is 5.84. The number of nitrogens with zero attached hydrogens (tertiary/aromatic N) is 1. The summed E-state index contributed by atoms with van der Waals surface area (Å²) in [7, 11) is 0. The van der Waals surface area contributed by atoms with Gasteiger partial charge in [-0.25, -0.2) is 9.78 Å². The van der Waals surface area contributed by atoms with E-state index in [1.165, 1.54) is 24.3 Å². The van der Waals surface area contributed by atoms with Crippen molar-refractivity contribution in [2.24, 2.45) is 17.6 Å². The molecule has 0 bridgehead atoms. The highest BCUT2D eigenvalue weighted by atomic mass is 32.2. The molecule has 1 heterocycles. The maximum absolute atomic E-state index is 13.2. The Bertz CT molecular complexity index is 802. The van der Waals surface area contributed by atoms with E-state index in [0.717, 1.165) is 0 Å². The van der Waals surface area contributed by atoms with Gasteiger partial charge >= 0.3 is 5.97 Å². The molecule has 0 aromatic carbocycles. The fourth-order valence-electron chi connectivity index (χ4n) is 3.14.